The number of hydrogen-bond donors (Lipinski definition) is 1. The first-order valence-electron chi connectivity index (χ1n) is 15.9. The van der Waals surface area contributed by atoms with Crippen LogP contribution in [0.4, 0.5) is 5.69 Å². The summed E-state index contributed by atoms with van der Waals surface area (Å²) in [7, 11) is 3.05. The van der Waals surface area contributed by atoms with E-state index in [1.165, 1.54) is 24.9 Å². The van der Waals surface area contributed by atoms with Crippen molar-refractivity contribution in [3.8, 4) is 22.9 Å². The van der Waals surface area contributed by atoms with Crippen molar-refractivity contribution in [1.82, 2.24) is 24.6 Å². The van der Waals surface area contributed by atoms with E-state index in [1.54, 1.807) is 66.4 Å². The number of likely N-dealkylation sites (N-methyl/N-ethyl adjacent to an activating group) is 1. The number of nitrogens with one attached hydrogen (secondary N) is 1. The molecule has 3 heterocycles. The molecular formula is C35H31Cl2N7O6S2. The molecule has 3 aromatic carbocycles. The first-order valence-corrected chi connectivity index (χ1v) is 18.2. The average Bonchev–Trinajstić information content (AvgIpc) is 3.71. The Morgan fingerprint density at radius 1 is 1.12 bits per heavy atom. The van der Waals surface area contributed by atoms with E-state index in [4.69, 9.17) is 37.7 Å². The molecule has 0 radical (unpaired) electrons. The van der Waals surface area contributed by atoms with Gasteiger partial charge >= 0.3 is 0 Å². The van der Waals surface area contributed by atoms with Gasteiger partial charge in [-0.2, -0.15) is 0 Å². The number of nitrogens with zero attached hydrogens (tertiary/aromatic N) is 6. The number of carbonyl (C=O) groups excluding carboxylic acids is 1. The van der Waals surface area contributed by atoms with Crippen LogP contribution in [0.5, 0.6) is 11.5 Å². The van der Waals surface area contributed by atoms with Crippen LogP contribution >= 0.6 is 46.3 Å². The SMILES string of the molecule is CCN(CC)C(=O)C1=C(C)N=c2s/c(=C\c3ccc(Sc4n[nH]c(-c5ccc(Cl)cc5Cl)n4)c([N+](=O)[O-])c3)c(=O)n2[C@@H]1c1cc(OC)ccc1OC. The second kappa shape index (κ2) is 15.3. The number of thiazole rings is 1. The number of benzene rings is 3. The van der Waals surface area contributed by atoms with Crippen LogP contribution in [0.3, 0.4) is 0 Å². The number of amides is 1. The van der Waals surface area contributed by atoms with E-state index in [9.17, 15) is 19.7 Å². The lowest BCUT2D eigenvalue weighted by Gasteiger charge is -2.30. The predicted molar refractivity (Wildman–Crippen MR) is 200 cm³/mol. The molecule has 0 fully saturated rings. The smallest absolute Gasteiger partial charge is 0.283 e. The van der Waals surface area contributed by atoms with Crippen LogP contribution in [0.25, 0.3) is 17.5 Å². The molecule has 13 nitrogen and oxygen atoms in total. The summed E-state index contributed by atoms with van der Waals surface area (Å²) in [6, 6.07) is 13.9. The normalized spacial score (nSPS) is 14.2. The van der Waals surface area contributed by atoms with Crippen LogP contribution in [-0.4, -0.2) is 62.8 Å². The fraction of sp³-hybridized carbons (Fsp3) is 0.229. The third-order valence-electron chi connectivity index (χ3n) is 8.36. The Kier molecular flexibility index (Phi) is 10.9. The molecule has 0 aliphatic carbocycles. The molecule has 0 unspecified atom stereocenters. The van der Waals surface area contributed by atoms with E-state index in [2.05, 4.69) is 15.2 Å². The van der Waals surface area contributed by atoms with Gasteiger partial charge in [0.15, 0.2) is 10.6 Å². The maximum absolute atomic E-state index is 14.3. The molecule has 1 aliphatic rings. The molecule has 17 heteroatoms. The van der Waals surface area contributed by atoms with Gasteiger partial charge in [0.1, 0.15) is 17.5 Å². The quantitative estimate of drug-likeness (QED) is 0.121. The van der Waals surface area contributed by atoms with Gasteiger partial charge < -0.3 is 14.4 Å². The van der Waals surface area contributed by atoms with Gasteiger partial charge in [-0.3, -0.25) is 29.4 Å². The van der Waals surface area contributed by atoms with Crippen molar-refractivity contribution >= 4 is 64.0 Å². The van der Waals surface area contributed by atoms with Gasteiger partial charge in [0, 0.05) is 35.3 Å². The minimum atomic E-state index is -0.890. The average molecular weight is 781 g/mol. The summed E-state index contributed by atoms with van der Waals surface area (Å²) in [5.41, 5.74) is 1.70. The minimum absolute atomic E-state index is 0.204. The van der Waals surface area contributed by atoms with E-state index < -0.39 is 16.5 Å². The number of nitro benzene ring substituents is 1. The van der Waals surface area contributed by atoms with E-state index in [0.717, 1.165) is 23.1 Å². The largest absolute Gasteiger partial charge is 0.497 e. The maximum atomic E-state index is 14.3. The molecule has 1 atom stereocenters. The molecule has 6 rings (SSSR count). The standard InChI is InChI=1S/C35H31Cl2N7O6S2/c1-6-42(7-2)33(46)29-18(3)38-35-43(30(29)23-17-21(49-4)10-12-26(23)50-5)32(45)28(52-35)15-19-8-13-27(25(14-19)44(47)48)51-34-39-31(40-41-34)22-11-9-20(36)16-24(22)37/h8-17,30H,6-7H2,1-5H3,(H,39,40,41)/b28-15-/t30-/m1/s1. The van der Waals surface area contributed by atoms with Gasteiger partial charge in [-0.1, -0.05) is 40.6 Å². The number of halogens is 2. The molecule has 0 saturated heterocycles. The van der Waals surface area contributed by atoms with Crippen molar-refractivity contribution in [2.45, 2.75) is 36.9 Å². The van der Waals surface area contributed by atoms with Crippen LogP contribution < -0.4 is 24.4 Å². The topological polar surface area (TPSA) is 158 Å². The van der Waals surface area contributed by atoms with Crippen molar-refractivity contribution in [1.29, 1.82) is 0 Å². The Balaban J connectivity index is 1.43. The number of hydrogen-bond acceptors (Lipinski definition) is 11. The number of carbonyl (C=O) groups is 1. The molecule has 1 amide bonds. The Bertz CT molecular complexity index is 2440. The summed E-state index contributed by atoms with van der Waals surface area (Å²) in [6.07, 6.45) is 1.57. The number of aromatic amines is 1. The molecule has 1 N–H and O–H groups in total. The van der Waals surface area contributed by atoms with Crippen LogP contribution in [0, 0.1) is 10.1 Å². The highest BCUT2D eigenvalue weighted by Crippen LogP contribution is 2.39. The number of rotatable bonds is 11. The second-order valence-electron chi connectivity index (χ2n) is 11.3. The third kappa shape index (κ3) is 7.08. The lowest BCUT2D eigenvalue weighted by atomic mass is 9.93. The van der Waals surface area contributed by atoms with Gasteiger partial charge in [-0.15, -0.1) is 5.10 Å². The van der Waals surface area contributed by atoms with Crippen LogP contribution in [0.2, 0.25) is 10.0 Å². The summed E-state index contributed by atoms with van der Waals surface area (Å²) < 4.78 is 13.0. The Labute approximate surface area is 315 Å². The zero-order valence-corrected chi connectivity index (χ0v) is 31.6. The molecule has 2 aromatic heterocycles. The number of H-pyrrole nitrogens is 1. The predicted octanol–water partition coefficient (Wildman–Crippen LogP) is 6.27. The molecule has 0 saturated carbocycles. The first kappa shape index (κ1) is 36.8. The van der Waals surface area contributed by atoms with E-state index in [1.807, 2.05) is 13.8 Å². The van der Waals surface area contributed by atoms with Gasteiger partial charge in [-0.25, -0.2) is 9.98 Å². The van der Waals surface area contributed by atoms with Crippen molar-refractivity contribution in [3.63, 3.8) is 0 Å². The summed E-state index contributed by atoms with van der Waals surface area (Å²) in [5.74, 6) is 1.09. The summed E-state index contributed by atoms with van der Waals surface area (Å²) in [4.78, 5) is 51.6. The van der Waals surface area contributed by atoms with Gasteiger partial charge in [0.2, 0.25) is 5.16 Å². The number of ether oxygens (including phenoxy) is 2. The molecule has 0 bridgehead atoms. The summed E-state index contributed by atoms with van der Waals surface area (Å²) in [5, 5.41) is 20.3. The van der Waals surface area contributed by atoms with Crippen molar-refractivity contribution in [2.24, 2.45) is 4.99 Å². The lowest BCUT2D eigenvalue weighted by molar-refractivity contribution is -0.387. The fourth-order valence-corrected chi connectivity index (χ4v) is 8.16. The van der Waals surface area contributed by atoms with Crippen LogP contribution in [0.1, 0.15) is 37.9 Å². The molecule has 5 aromatic rings. The number of fused-ring (bicyclic) bond motifs is 1. The molecular weight excluding hydrogens is 749 g/mol. The highest BCUT2D eigenvalue weighted by atomic mass is 35.5. The zero-order valence-electron chi connectivity index (χ0n) is 28.5. The highest BCUT2D eigenvalue weighted by molar-refractivity contribution is 7.99. The Morgan fingerprint density at radius 2 is 1.88 bits per heavy atom. The van der Waals surface area contributed by atoms with E-state index >= 15 is 0 Å². The minimum Gasteiger partial charge on any atom is -0.497 e. The van der Waals surface area contributed by atoms with Gasteiger partial charge in [0.05, 0.1) is 44.9 Å². The van der Waals surface area contributed by atoms with E-state index in [0.29, 0.717) is 73.2 Å². The summed E-state index contributed by atoms with van der Waals surface area (Å²) >= 11 is 14.4. The molecule has 268 valence electrons. The maximum Gasteiger partial charge on any atom is 0.283 e. The van der Waals surface area contributed by atoms with E-state index in [-0.39, 0.29) is 26.2 Å². The number of nitro groups is 1. The summed E-state index contributed by atoms with van der Waals surface area (Å²) in [6.45, 7) is 6.43. The first-order chi connectivity index (χ1) is 25.0. The number of allylic oxidation sites excluding steroid dienone is 1. The number of methoxy groups -OCH3 is 2. The molecule has 0 spiro atoms. The zero-order chi connectivity index (χ0) is 37.3. The fourth-order valence-electron chi connectivity index (χ4n) is 5.82. The van der Waals surface area contributed by atoms with Crippen molar-refractivity contribution in [3.05, 3.63) is 117 Å². The van der Waals surface area contributed by atoms with Gasteiger partial charge in [-0.05, 0) is 86.6 Å². The molecule has 52 heavy (non-hydrogen) atoms. The Morgan fingerprint density at radius 3 is 2.56 bits per heavy atom. The van der Waals surface area contributed by atoms with Crippen LogP contribution in [0.15, 0.2) is 85.7 Å². The highest BCUT2D eigenvalue weighted by Gasteiger charge is 2.36. The van der Waals surface area contributed by atoms with Crippen molar-refractivity contribution < 1.29 is 19.2 Å². The Hall–Kier alpha value is -4.96. The van der Waals surface area contributed by atoms with Crippen molar-refractivity contribution in [2.75, 3.05) is 27.3 Å². The lowest BCUT2D eigenvalue weighted by Crippen LogP contribution is -2.43. The number of aromatic nitrogens is 4. The second-order valence-corrected chi connectivity index (χ2v) is 14.2. The molecule has 1 aliphatic heterocycles. The monoisotopic (exact) mass is 779 g/mol. The van der Waals surface area contributed by atoms with Crippen LogP contribution in [-0.2, 0) is 4.79 Å². The third-order valence-corrected chi connectivity index (χ3v) is 10.8. The van der Waals surface area contributed by atoms with Gasteiger partial charge in [0.25, 0.3) is 17.2 Å².